The fourth-order valence-corrected chi connectivity index (χ4v) is 4.29. The van der Waals surface area contributed by atoms with E-state index in [0.29, 0.717) is 18.6 Å². The molecule has 0 radical (unpaired) electrons. The molecule has 3 N–H and O–H groups in total. The van der Waals surface area contributed by atoms with E-state index in [2.05, 4.69) is 22.1 Å². The zero-order chi connectivity index (χ0) is 14.8. The molecule has 2 unspecified atom stereocenters. The van der Waals surface area contributed by atoms with Crippen molar-refractivity contribution in [3.63, 3.8) is 0 Å². The molecule has 21 heavy (non-hydrogen) atoms. The third-order valence-corrected chi connectivity index (χ3v) is 5.52. The van der Waals surface area contributed by atoms with Crippen LogP contribution in [0.5, 0.6) is 0 Å². The minimum Gasteiger partial charge on any atom is -0.347 e. The Labute approximate surface area is 129 Å². The van der Waals surface area contributed by atoms with Gasteiger partial charge in [-0.2, -0.15) is 0 Å². The lowest BCUT2D eigenvalue weighted by Crippen LogP contribution is -2.42. The molecular formula is C16H21N3OS. The zero-order valence-electron chi connectivity index (χ0n) is 12.3. The van der Waals surface area contributed by atoms with Crippen molar-refractivity contribution >= 4 is 17.2 Å². The monoisotopic (exact) mass is 303 g/mol. The predicted molar refractivity (Wildman–Crippen MR) is 85.5 cm³/mol. The van der Waals surface area contributed by atoms with Crippen LogP contribution in [0.3, 0.4) is 0 Å². The van der Waals surface area contributed by atoms with Crippen molar-refractivity contribution in [1.29, 1.82) is 0 Å². The van der Waals surface area contributed by atoms with Crippen molar-refractivity contribution in [2.24, 2.45) is 5.73 Å². The van der Waals surface area contributed by atoms with Crippen LogP contribution in [0.2, 0.25) is 0 Å². The average Bonchev–Trinajstić information content (AvgIpc) is 3.14. The molecule has 1 amide bonds. The van der Waals surface area contributed by atoms with Crippen molar-refractivity contribution in [2.45, 2.75) is 38.3 Å². The summed E-state index contributed by atoms with van der Waals surface area (Å²) in [5.74, 6) is 5.93. The van der Waals surface area contributed by atoms with Gasteiger partial charge in [-0.25, -0.2) is 0 Å². The molecule has 0 aromatic carbocycles. The van der Waals surface area contributed by atoms with Crippen LogP contribution < -0.4 is 11.1 Å². The van der Waals surface area contributed by atoms with Crippen LogP contribution in [0.4, 0.5) is 0 Å². The van der Waals surface area contributed by atoms with Gasteiger partial charge in [0, 0.05) is 18.6 Å². The second-order valence-corrected chi connectivity index (χ2v) is 6.80. The first-order valence-electron chi connectivity index (χ1n) is 7.53. The Bertz CT molecular complexity index is 598. The highest BCUT2D eigenvalue weighted by molar-refractivity contribution is 7.14. The van der Waals surface area contributed by atoms with Crippen molar-refractivity contribution in [3.05, 3.63) is 21.4 Å². The molecule has 0 bridgehead atoms. The van der Waals surface area contributed by atoms with Gasteiger partial charge in [0.15, 0.2) is 0 Å². The van der Waals surface area contributed by atoms with Crippen molar-refractivity contribution in [2.75, 3.05) is 19.6 Å². The lowest BCUT2D eigenvalue weighted by molar-refractivity contribution is 0.0933. The Morgan fingerprint density at radius 1 is 1.52 bits per heavy atom. The Kier molecular flexibility index (Phi) is 4.29. The average molecular weight is 303 g/mol. The molecule has 1 aromatic rings. The topological polar surface area (TPSA) is 58.4 Å². The van der Waals surface area contributed by atoms with E-state index in [1.807, 2.05) is 13.0 Å². The summed E-state index contributed by atoms with van der Waals surface area (Å²) in [5, 5.41) is 3.22. The SMILES string of the molecule is Cc1cc(C(=O)NC2CCN3CCCC23)sc1C#CCN. The molecule has 0 spiro atoms. The molecule has 2 atom stereocenters. The number of hydrogen-bond acceptors (Lipinski definition) is 4. The molecule has 0 aliphatic carbocycles. The van der Waals surface area contributed by atoms with Gasteiger partial charge in [-0.15, -0.1) is 11.3 Å². The number of thiophene rings is 1. The number of nitrogens with one attached hydrogen (secondary N) is 1. The van der Waals surface area contributed by atoms with E-state index in [1.165, 1.54) is 30.7 Å². The number of carbonyl (C=O) groups is 1. The number of carbonyl (C=O) groups excluding carboxylic acids is 1. The highest BCUT2D eigenvalue weighted by atomic mass is 32.1. The first-order valence-corrected chi connectivity index (χ1v) is 8.35. The van der Waals surface area contributed by atoms with Gasteiger partial charge in [0.2, 0.25) is 0 Å². The zero-order valence-corrected chi connectivity index (χ0v) is 13.1. The van der Waals surface area contributed by atoms with E-state index in [4.69, 9.17) is 5.73 Å². The summed E-state index contributed by atoms with van der Waals surface area (Å²) in [6.07, 6.45) is 3.54. The molecule has 5 heteroatoms. The van der Waals surface area contributed by atoms with Gasteiger partial charge in [-0.05, 0) is 44.4 Å². The third-order valence-electron chi connectivity index (χ3n) is 4.37. The highest BCUT2D eigenvalue weighted by Crippen LogP contribution is 2.28. The Morgan fingerprint density at radius 3 is 3.19 bits per heavy atom. The minimum absolute atomic E-state index is 0.0441. The number of nitrogens with zero attached hydrogens (tertiary/aromatic N) is 1. The Balaban J connectivity index is 1.68. The third kappa shape index (κ3) is 2.98. The number of fused-ring (bicyclic) bond motifs is 1. The summed E-state index contributed by atoms with van der Waals surface area (Å²) in [7, 11) is 0. The van der Waals surface area contributed by atoms with E-state index in [0.717, 1.165) is 28.3 Å². The van der Waals surface area contributed by atoms with Gasteiger partial charge in [-0.3, -0.25) is 9.69 Å². The van der Waals surface area contributed by atoms with E-state index >= 15 is 0 Å². The minimum atomic E-state index is 0.0441. The maximum Gasteiger partial charge on any atom is 0.261 e. The first-order chi connectivity index (χ1) is 10.2. The van der Waals surface area contributed by atoms with Gasteiger partial charge in [0.1, 0.15) is 0 Å². The van der Waals surface area contributed by atoms with E-state index in [9.17, 15) is 4.79 Å². The number of rotatable bonds is 2. The highest BCUT2D eigenvalue weighted by Gasteiger charge is 2.37. The summed E-state index contributed by atoms with van der Waals surface area (Å²) in [6.45, 7) is 4.64. The lowest BCUT2D eigenvalue weighted by Gasteiger charge is -2.20. The maximum absolute atomic E-state index is 12.4. The van der Waals surface area contributed by atoms with Gasteiger partial charge in [-0.1, -0.05) is 11.8 Å². The summed E-state index contributed by atoms with van der Waals surface area (Å²) in [5.41, 5.74) is 6.45. The fourth-order valence-electron chi connectivity index (χ4n) is 3.34. The summed E-state index contributed by atoms with van der Waals surface area (Å²) < 4.78 is 0. The maximum atomic E-state index is 12.4. The van der Waals surface area contributed by atoms with Gasteiger partial charge in [0.25, 0.3) is 5.91 Å². The molecular weight excluding hydrogens is 282 g/mol. The number of amides is 1. The molecule has 112 valence electrons. The summed E-state index contributed by atoms with van der Waals surface area (Å²) in [6, 6.07) is 2.79. The van der Waals surface area contributed by atoms with Gasteiger partial charge < -0.3 is 11.1 Å². The predicted octanol–water partition coefficient (Wildman–Crippen LogP) is 1.33. The first kappa shape index (κ1) is 14.6. The van der Waals surface area contributed by atoms with Crippen LogP contribution in [-0.4, -0.2) is 42.5 Å². The van der Waals surface area contributed by atoms with Crippen LogP contribution in [0.15, 0.2) is 6.07 Å². The molecule has 4 nitrogen and oxygen atoms in total. The molecule has 2 aliphatic heterocycles. The standard InChI is InChI=1S/C16H21N3OS/c1-11-10-15(21-14(11)5-2-7-17)16(20)18-12-6-9-19-8-3-4-13(12)19/h10,12-13H,3-4,6-9,17H2,1H3,(H,18,20). The largest absolute Gasteiger partial charge is 0.347 e. The van der Waals surface area contributed by atoms with Crippen LogP contribution >= 0.6 is 11.3 Å². The molecule has 2 saturated heterocycles. The van der Waals surface area contributed by atoms with Crippen LogP contribution in [0.25, 0.3) is 0 Å². The van der Waals surface area contributed by atoms with Crippen LogP contribution in [-0.2, 0) is 0 Å². The van der Waals surface area contributed by atoms with E-state index < -0.39 is 0 Å². The normalized spacial score (nSPS) is 24.5. The van der Waals surface area contributed by atoms with Crippen LogP contribution in [0.1, 0.15) is 39.4 Å². The second-order valence-electron chi connectivity index (χ2n) is 5.74. The van der Waals surface area contributed by atoms with Crippen molar-refractivity contribution in [1.82, 2.24) is 10.2 Å². The molecule has 3 heterocycles. The molecule has 2 fully saturated rings. The second kappa shape index (κ2) is 6.18. The van der Waals surface area contributed by atoms with Crippen LogP contribution in [0, 0.1) is 18.8 Å². The molecule has 1 aromatic heterocycles. The van der Waals surface area contributed by atoms with Crippen molar-refractivity contribution < 1.29 is 4.79 Å². The summed E-state index contributed by atoms with van der Waals surface area (Å²) >= 11 is 1.46. The summed E-state index contributed by atoms with van der Waals surface area (Å²) in [4.78, 5) is 16.6. The van der Waals surface area contributed by atoms with E-state index in [1.54, 1.807) is 0 Å². The Hall–Kier alpha value is -1.35. The molecule has 3 rings (SSSR count). The van der Waals surface area contributed by atoms with E-state index in [-0.39, 0.29) is 5.91 Å². The molecule has 0 saturated carbocycles. The van der Waals surface area contributed by atoms with Gasteiger partial charge >= 0.3 is 0 Å². The van der Waals surface area contributed by atoms with Gasteiger partial charge in [0.05, 0.1) is 16.3 Å². The quantitative estimate of drug-likeness (QED) is 0.811. The fraction of sp³-hybridized carbons (Fsp3) is 0.562. The molecule has 2 aliphatic rings. The lowest BCUT2D eigenvalue weighted by atomic mass is 10.1. The smallest absolute Gasteiger partial charge is 0.261 e. The number of aryl methyl sites for hydroxylation is 1. The van der Waals surface area contributed by atoms with Crippen molar-refractivity contribution in [3.8, 4) is 11.8 Å². The number of nitrogens with two attached hydrogens (primary N) is 1. The Morgan fingerprint density at radius 2 is 2.38 bits per heavy atom. The number of hydrogen-bond donors (Lipinski definition) is 2.